The summed E-state index contributed by atoms with van der Waals surface area (Å²) in [5.74, 6) is -0.0892. The fourth-order valence-electron chi connectivity index (χ4n) is 2.51. The molecule has 0 aliphatic carbocycles. The van der Waals surface area contributed by atoms with Crippen molar-refractivity contribution in [2.45, 2.75) is 33.4 Å². The average molecular weight is 309 g/mol. The fraction of sp³-hybridized carbons (Fsp3) is 0.278. The van der Waals surface area contributed by atoms with E-state index in [4.69, 9.17) is 4.52 Å². The van der Waals surface area contributed by atoms with Crippen molar-refractivity contribution in [1.29, 1.82) is 0 Å². The highest BCUT2D eigenvalue weighted by Gasteiger charge is 2.23. The van der Waals surface area contributed by atoms with Gasteiger partial charge in [-0.15, -0.1) is 0 Å². The maximum atomic E-state index is 12.7. The van der Waals surface area contributed by atoms with Crippen LogP contribution in [0.4, 0.5) is 0 Å². The summed E-state index contributed by atoms with van der Waals surface area (Å²) in [5.41, 5.74) is 2.90. The van der Waals surface area contributed by atoms with Crippen molar-refractivity contribution in [2.75, 3.05) is 0 Å². The third-order valence-corrected chi connectivity index (χ3v) is 3.85. The summed E-state index contributed by atoms with van der Waals surface area (Å²) in [6.45, 7) is 6.19. The zero-order valence-corrected chi connectivity index (χ0v) is 13.5. The standard InChI is InChI=1S/C18H19N3O2/c1-12(2)21(18(22)16-11-23-20-13(16)3)10-15-9-8-14-6-4-5-7-17(14)19-15/h4-9,11-12H,10H2,1-3H3. The molecule has 0 spiro atoms. The molecule has 0 unspecified atom stereocenters. The van der Waals surface area contributed by atoms with Gasteiger partial charge in [0.2, 0.25) is 0 Å². The predicted octanol–water partition coefficient (Wildman–Crippen LogP) is 3.58. The van der Waals surface area contributed by atoms with Crippen LogP contribution in [0, 0.1) is 6.92 Å². The molecule has 5 heteroatoms. The van der Waals surface area contributed by atoms with E-state index in [0.717, 1.165) is 16.6 Å². The van der Waals surface area contributed by atoms with Crippen molar-refractivity contribution >= 4 is 16.8 Å². The van der Waals surface area contributed by atoms with E-state index in [1.54, 1.807) is 11.8 Å². The van der Waals surface area contributed by atoms with Gasteiger partial charge in [-0.05, 0) is 32.9 Å². The van der Waals surface area contributed by atoms with E-state index in [1.807, 2.05) is 50.2 Å². The number of aromatic nitrogens is 2. The van der Waals surface area contributed by atoms with Crippen LogP contribution < -0.4 is 0 Å². The molecule has 2 heterocycles. The van der Waals surface area contributed by atoms with Gasteiger partial charge in [-0.2, -0.15) is 0 Å². The summed E-state index contributed by atoms with van der Waals surface area (Å²) < 4.78 is 4.89. The molecule has 3 rings (SSSR count). The number of nitrogens with zero attached hydrogens (tertiary/aromatic N) is 3. The van der Waals surface area contributed by atoms with Crippen LogP contribution in [0.25, 0.3) is 10.9 Å². The summed E-state index contributed by atoms with van der Waals surface area (Å²) in [6.07, 6.45) is 1.40. The van der Waals surface area contributed by atoms with Crippen LogP contribution in [0.2, 0.25) is 0 Å². The molecular formula is C18H19N3O2. The number of pyridine rings is 1. The molecule has 0 aliphatic rings. The van der Waals surface area contributed by atoms with E-state index in [1.165, 1.54) is 6.26 Å². The smallest absolute Gasteiger partial charge is 0.259 e. The molecule has 3 aromatic rings. The van der Waals surface area contributed by atoms with Crippen LogP contribution in [0.5, 0.6) is 0 Å². The minimum Gasteiger partial charge on any atom is -0.364 e. The lowest BCUT2D eigenvalue weighted by Gasteiger charge is -2.26. The number of hydrogen-bond acceptors (Lipinski definition) is 4. The number of carbonyl (C=O) groups is 1. The van der Waals surface area contributed by atoms with Crippen molar-refractivity contribution in [3.63, 3.8) is 0 Å². The highest BCUT2D eigenvalue weighted by Crippen LogP contribution is 2.17. The molecule has 0 N–H and O–H groups in total. The van der Waals surface area contributed by atoms with Crippen molar-refractivity contribution in [1.82, 2.24) is 15.0 Å². The van der Waals surface area contributed by atoms with Gasteiger partial charge in [0.1, 0.15) is 11.8 Å². The lowest BCUT2D eigenvalue weighted by atomic mass is 10.1. The van der Waals surface area contributed by atoms with Crippen LogP contribution >= 0.6 is 0 Å². The first-order valence-corrected chi connectivity index (χ1v) is 7.63. The van der Waals surface area contributed by atoms with Crippen molar-refractivity contribution in [3.05, 3.63) is 59.6 Å². The summed E-state index contributed by atoms with van der Waals surface area (Å²) >= 11 is 0. The second-order valence-electron chi connectivity index (χ2n) is 5.84. The molecule has 0 fully saturated rings. The first kappa shape index (κ1) is 15.2. The third kappa shape index (κ3) is 3.08. The Morgan fingerprint density at radius 2 is 2.00 bits per heavy atom. The quantitative estimate of drug-likeness (QED) is 0.739. The third-order valence-electron chi connectivity index (χ3n) is 3.85. The monoisotopic (exact) mass is 309 g/mol. The fourth-order valence-corrected chi connectivity index (χ4v) is 2.51. The van der Waals surface area contributed by atoms with Crippen LogP contribution in [0.1, 0.15) is 35.6 Å². The van der Waals surface area contributed by atoms with Crippen molar-refractivity contribution < 1.29 is 9.32 Å². The second kappa shape index (κ2) is 6.20. The van der Waals surface area contributed by atoms with Gasteiger partial charge in [0.15, 0.2) is 0 Å². The lowest BCUT2D eigenvalue weighted by Crippen LogP contribution is -2.36. The largest absolute Gasteiger partial charge is 0.364 e. The van der Waals surface area contributed by atoms with Crippen LogP contribution in [-0.4, -0.2) is 27.0 Å². The number of hydrogen-bond donors (Lipinski definition) is 0. The van der Waals surface area contributed by atoms with Crippen LogP contribution in [0.15, 0.2) is 47.2 Å². The zero-order valence-electron chi connectivity index (χ0n) is 13.5. The van der Waals surface area contributed by atoms with Gasteiger partial charge in [-0.3, -0.25) is 9.78 Å². The maximum Gasteiger partial charge on any atom is 0.259 e. The van der Waals surface area contributed by atoms with Gasteiger partial charge in [-0.25, -0.2) is 0 Å². The first-order valence-electron chi connectivity index (χ1n) is 7.63. The maximum absolute atomic E-state index is 12.7. The number of carbonyl (C=O) groups excluding carboxylic acids is 1. The Morgan fingerprint density at radius 3 is 2.70 bits per heavy atom. The summed E-state index contributed by atoms with van der Waals surface area (Å²) in [5, 5.41) is 4.88. The lowest BCUT2D eigenvalue weighted by molar-refractivity contribution is 0.0686. The number of para-hydroxylation sites is 1. The molecule has 0 bridgehead atoms. The van der Waals surface area contributed by atoms with Gasteiger partial charge < -0.3 is 9.42 Å². The molecule has 5 nitrogen and oxygen atoms in total. The SMILES string of the molecule is Cc1nocc1C(=O)N(Cc1ccc2ccccc2n1)C(C)C. The van der Waals surface area contributed by atoms with Gasteiger partial charge in [-0.1, -0.05) is 29.4 Å². The van der Waals surface area contributed by atoms with E-state index in [9.17, 15) is 4.79 Å². The van der Waals surface area contributed by atoms with E-state index < -0.39 is 0 Å². The highest BCUT2D eigenvalue weighted by molar-refractivity contribution is 5.95. The number of benzene rings is 1. The summed E-state index contributed by atoms with van der Waals surface area (Å²) in [6, 6.07) is 12.0. The topological polar surface area (TPSA) is 59.2 Å². The predicted molar refractivity (Wildman–Crippen MR) is 88.0 cm³/mol. The van der Waals surface area contributed by atoms with E-state index in [2.05, 4.69) is 10.1 Å². The number of aryl methyl sites for hydroxylation is 1. The second-order valence-corrected chi connectivity index (χ2v) is 5.84. The molecule has 0 saturated carbocycles. The molecule has 23 heavy (non-hydrogen) atoms. The van der Waals surface area contributed by atoms with E-state index >= 15 is 0 Å². The van der Waals surface area contributed by atoms with E-state index in [0.29, 0.717) is 17.8 Å². The molecule has 118 valence electrons. The molecule has 1 aromatic carbocycles. The Kier molecular flexibility index (Phi) is 4.10. The van der Waals surface area contributed by atoms with Gasteiger partial charge in [0, 0.05) is 11.4 Å². The Balaban J connectivity index is 1.89. The first-order chi connectivity index (χ1) is 11.1. The number of rotatable bonds is 4. The average Bonchev–Trinajstić information content (AvgIpc) is 2.97. The van der Waals surface area contributed by atoms with Crippen molar-refractivity contribution in [3.8, 4) is 0 Å². The minimum absolute atomic E-state index is 0.0464. The van der Waals surface area contributed by atoms with Crippen molar-refractivity contribution in [2.24, 2.45) is 0 Å². The molecule has 0 atom stereocenters. The Morgan fingerprint density at radius 1 is 1.22 bits per heavy atom. The van der Waals surface area contributed by atoms with Crippen LogP contribution in [0.3, 0.4) is 0 Å². The normalized spacial score (nSPS) is 11.1. The molecule has 2 aromatic heterocycles. The minimum atomic E-state index is -0.0892. The van der Waals surface area contributed by atoms with E-state index in [-0.39, 0.29) is 11.9 Å². The van der Waals surface area contributed by atoms with Gasteiger partial charge >= 0.3 is 0 Å². The molecule has 1 amide bonds. The summed E-state index contributed by atoms with van der Waals surface area (Å²) in [7, 11) is 0. The number of fused-ring (bicyclic) bond motifs is 1. The molecule has 0 saturated heterocycles. The zero-order chi connectivity index (χ0) is 16.4. The summed E-state index contributed by atoms with van der Waals surface area (Å²) in [4.78, 5) is 19.2. The number of amides is 1. The Hall–Kier alpha value is -2.69. The molecule has 0 aliphatic heterocycles. The Bertz CT molecular complexity index is 839. The van der Waals surface area contributed by atoms with Gasteiger partial charge in [0.25, 0.3) is 5.91 Å². The van der Waals surface area contributed by atoms with Gasteiger partial charge in [0.05, 0.1) is 23.4 Å². The molecule has 0 radical (unpaired) electrons. The Labute approximate surface area is 134 Å². The molecular weight excluding hydrogens is 290 g/mol. The highest BCUT2D eigenvalue weighted by atomic mass is 16.5. The van der Waals surface area contributed by atoms with Crippen LogP contribution in [-0.2, 0) is 6.54 Å².